The van der Waals surface area contributed by atoms with Crippen molar-refractivity contribution < 1.29 is 9.32 Å². The summed E-state index contributed by atoms with van der Waals surface area (Å²) in [5, 5.41) is 7.24. The van der Waals surface area contributed by atoms with Gasteiger partial charge in [0.15, 0.2) is 5.69 Å². The Morgan fingerprint density at radius 1 is 1.44 bits per heavy atom. The number of carbonyl (C=O) groups excluding carboxylic acids is 1. The van der Waals surface area contributed by atoms with Crippen molar-refractivity contribution in [3.63, 3.8) is 0 Å². The molecule has 1 aromatic heterocycles. The van der Waals surface area contributed by atoms with E-state index in [2.05, 4.69) is 10.5 Å². The van der Waals surface area contributed by atoms with Crippen LogP contribution in [0.25, 0.3) is 0 Å². The Morgan fingerprint density at radius 3 is 2.81 bits per heavy atom. The van der Waals surface area contributed by atoms with Crippen LogP contribution >= 0.6 is 0 Å². The first-order valence-corrected chi connectivity index (χ1v) is 5.78. The lowest BCUT2D eigenvalue weighted by Gasteiger charge is -2.42. The summed E-state index contributed by atoms with van der Waals surface area (Å²) in [4.78, 5) is 14.0. The molecule has 0 aromatic carbocycles. The van der Waals surface area contributed by atoms with E-state index in [1.54, 1.807) is 6.07 Å². The predicted molar refractivity (Wildman–Crippen MR) is 57.0 cm³/mol. The highest BCUT2D eigenvalue weighted by Gasteiger charge is 2.32. The predicted octanol–water partition coefficient (Wildman–Crippen LogP) is 0.641. The molecule has 16 heavy (non-hydrogen) atoms. The second kappa shape index (κ2) is 3.90. The zero-order valence-corrected chi connectivity index (χ0v) is 9.06. The first kappa shape index (κ1) is 9.84. The van der Waals surface area contributed by atoms with E-state index in [9.17, 15) is 4.79 Å². The molecule has 2 aliphatic rings. The molecule has 1 N–H and O–H groups in total. The third kappa shape index (κ3) is 1.71. The summed E-state index contributed by atoms with van der Waals surface area (Å²) in [5.74, 6) is -0.00727. The van der Waals surface area contributed by atoms with Gasteiger partial charge in [-0.2, -0.15) is 0 Å². The van der Waals surface area contributed by atoms with Gasteiger partial charge in [-0.1, -0.05) is 11.6 Å². The van der Waals surface area contributed by atoms with E-state index in [1.165, 1.54) is 25.5 Å². The molecule has 3 rings (SSSR count). The highest BCUT2D eigenvalue weighted by atomic mass is 16.5. The molecule has 0 radical (unpaired) electrons. The smallest absolute Gasteiger partial charge is 0.276 e. The minimum Gasteiger partial charge on any atom is -0.364 e. The van der Waals surface area contributed by atoms with Crippen molar-refractivity contribution in [2.45, 2.75) is 31.3 Å². The van der Waals surface area contributed by atoms with E-state index in [1.807, 2.05) is 4.90 Å². The number of nitrogens with one attached hydrogen (secondary N) is 1. The van der Waals surface area contributed by atoms with E-state index < -0.39 is 0 Å². The molecular formula is C11H15N3O2. The molecule has 0 saturated carbocycles. The molecule has 2 saturated heterocycles. The summed E-state index contributed by atoms with van der Waals surface area (Å²) in [7, 11) is 0. The monoisotopic (exact) mass is 221 g/mol. The summed E-state index contributed by atoms with van der Waals surface area (Å²) in [6, 6.07) is 2.55. The average molecular weight is 221 g/mol. The fraction of sp³-hybridized carbons (Fsp3) is 0.636. The minimum absolute atomic E-state index is 0.00727. The standard InChI is InChI=1S/C11H15N3O2/c15-11(10-4-5-16-13-10)14-6-8-2-1-3-9(7-14)12-8/h4-5,8-9,12H,1-3,6-7H2. The van der Waals surface area contributed by atoms with Crippen LogP contribution < -0.4 is 5.32 Å². The van der Waals surface area contributed by atoms with Crippen LogP contribution in [-0.4, -0.2) is 41.1 Å². The number of rotatable bonds is 1. The van der Waals surface area contributed by atoms with E-state index in [-0.39, 0.29) is 5.91 Å². The number of hydrogen-bond acceptors (Lipinski definition) is 4. The Hall–Kier alpha value is -1.36. The number of aromatic nitrogens is 1. The zero-order valence-electron chi connectivity index (χ0n) is 9.06. The molecule has 0 spiro atoms. The Balaban J connectivity index is 1.73. The summed E-state index contributed by atoms with van der Waals surface area (Å²) in [6.07, 6.45) is 5.04. The third-order valence-electron chi connectivity index (χ3n) is 3.40. The Morgan fingerprint density at radius 2 is 2.19 bits per heavy atom. The number of likely N-dealkylation sites (tertiary alicyclic amines) is 1. The summed E-state index contributed by atoms with van der Waals surface area (Å²) in [6.45, 7) is 1.59. The lowest BCUT2D eigenvalue weighted by molar-refractivity contribution is 0.0598. The molecule has 5 nitrogen and oxygen atoms in total. The lowest BCUT2D eigenvalue weighted by atomic mass is 9.94. The topological polar surface area (TPSA) is 58.4 Å². The third-order valence-corrected chi connectivity index (χ3v) is 3.40. The molecule has 2 fully saturated rings. The van der Waals surface area contributed by atoms with Gasteiger partial charge in [-0.05, 0) is 12.8 Å². The van der Waals surface area contributed by atoms with Crippen LogP contribution in [-0.2, 0) is 0 Å². The van der Waals surface area contributed by atoms with Crippen molar-refractivity contribution in [2.24, 2.45) is 0 Å². The van der Waals surface area contributed by atoms with Crippen LogP contribution in [0.15, 0.2) is 16.9 Å². The molecule has 2 unspecified atom stereocenters. The van der Waals surface area contributed by atoms with E-state index in [0.29, 0.717) is 17.8 Å². The maximum absolute atomic E-state index is 12.1. The Labute approximate surface area is 93.8 Å². The number of piperidine rings is 1. The van der Waals surface area contributed by atoms with Gasteiger partial charge in [-0.15, -0.1) is 0 Å². The SMILES string of the molecule is O=C(c1ccon1)N1CC2CCCC(C1)N2. The molecule has 1 aromatic rings. The fourth-order valence-corrected chi connectivity index (χ4v) is 2.66. The van der Waals surface area contributed by atoms with Crippen LogP contribution in [0.2, 0.25) is 0 Å². The van der Waals surface area contributed by atoms with Crippen molar-refractivity contribution in [1.29, 1.82) is 0 Å². The molecular weight excluding hydrogens is 206 g/mol. The zero-order chi connectivity index (χ0) is 11.0. The highest BCUT2D eigenvalue weighted by Crippen LogP contribution is 2.20. The van der Waals surface area contributed by atoms with Gasteiger partial charge >= 0.3 is 0 Å². The molecule has 2 bridgehead atoms. The largest absolute Gasteiger partial charge is 0.364 e. The quantitative estimate of drug-likeness (QED) is 0.756. The number of amides is 1. The van der Waals surface area contributed by atoms with Crippen molar-refractivity contribution >= 4 is 5.91 Å². The van der Waals surface area contributed by atoms with Gasteiger partial charge in [0.2, 0.25) is 0 Å². The second-order valence-corrected chi connectivity index (χ2v) is 4.59. The Bertz CT molecular complexity index is 365. The van der Waals surface area contributed by atoms with Crippen molar-refractivity contribution in [3.05, 3.63) is 18.0 Å². The van der Waals surface area contributed by atoms with Gasteiger partial charge < -0.3 is 14.7 Å². The first-order chi connectivity index (χ1) is 7.83. The molecule has 5 heteroatoms. The minimum atomic E-state index is -0.00727. The van der Waals surface area contributed by atoms with Crippen LogP contribution in [0.3, 0.4) is 0 Å². The van der Waals surface area contributed by atoms with Gasteiger partial charge in [0, 0.05) is 31.2 Å². The van der Waals surface area contributed by atoms with Crippen LogP contribution in [0.4, 0.5) is 0 Å². The molecule has 0 aliphatic carbocycles. The summed E-state index contributed by atoms with van der Waals surface area (Å²) >= 11 is 0. The van der Waals surface area contributed by atoms with Gasteiger partial charge in [-0.25, -0.2) is 0 Å². The first-order valence-electron chi connectivity index (χ1n) is 5.78. The van der Waals surface area contributed by atoms with Crippen LogP contribution in [0.5, 0.6) is 0 Å². The number of fused-ring (bicyclic) bond motifs is 2. The van der Waals surface area contributed by atoms with Gasteiger partial charge in [-0.3, -0.25) is 4.79 Å². The van der Waals surface area contributed by atoms with E-state index >= 15 is 0 Å². The van der Waals surface area contributed by atoms with E-state index in [4.69, 9.17) is 4.52 Å². The average Bonchev–Trinajstić information content (AvgIpc) is 2.81. The van der Waals surface area contributed by atoms with Gasteiger partial charge in [0.1, 0.15) is 6.26 Å². The van der Waals surface area contributed by atoms with E-state index in [0.717, 1.165) is 13.1 Å². The molecule has 3 heterocycles. The number of nitrogens with zero attached hydrogens (tertiary/aromatic N) is 2. The van der Waals surface area contributed by atoms with Crippen LogP contribution in [0.1, 0.15) is 29.8 Å². The molecule has 2 aliphatic heterocycles. The highest BCUT2D eigenvalue weighted by molar-refractivity contribution is 5.92. The number of piperazine rings is 1. The van der Waals surface area contributed by atoms with Gasteiger partial charge in [0.05, 0.1) is 0 Å². The molecule has 1 amide bonds. The number of carbonyl (C=O) groups is 1. The van der Waals surface area contributed by atoms with Crippen molar-refractivity contribution in [2.75, 3.05) is 13.1 Å². The molecule has 2 atom stereocenters. The van der Waals surface area contributed by atoms with Gasteiger partial charge in [0.25, 0.3) is 5.91 Å². The molecule has 86 valence electrons. The number of hydrogen-bond donors (Lipinski definition) is 1. The van der Waals surface area contributed by atoms with Crippen molar-refractivity contribution in [1.82, 2.24) is 15.4 Å². The maximum atomic E-state index is 12.1. The second-order valence-electron chi connectivity index (χ2n) is 4.59. The lowest BCUT2D eigenvalue weighted by Crippen LogP contribution is -2.59. The maximum Gasteiger partial charge on any atom is 0.276 e. The Kier molecular flexibility index (Phi) is 2.40. The normalized spacial score (nSPS) is 29.1. The summed E-state index contributed by atoms with van der Waals surface area (Å²) < 4.78 is 4.71. The van der Waals surface area contributed by atoms with Crippen LogP contribution in [0, 0.1) is 0 Å². The van der Waals surface area contributed by atoms with Crippen molar-refractivity contribution in [3.8, 4) is 0 Å². The fourth-order valence-electron chi connectivity index (χ4n) is 2.66. The summed E-state index contributed by atoms with van der Waals surface area (Å²) in [5.41, 5.74) is 0.417.